The number of piperazine rings is 1. The molecule has 1 aromatic heterocycles. The third-order valence-corrected chi connectivity index (χ3v) is 5.26. The van der Waals surface area contributed by atoms with E-state index in [2.05, 4.69) is 32.3 Å². The second-order valence-corrected chi connectivity index (χ2v) is 6.86. The van der Waals surface area contributed by atoms with Crippen LogP contribution in [-0.2, 0) is 11.8 Å². The SMILES string of the molecule is CCN1CCC(NC(=O)CN2CCNCC2c2nccn2C)CC1.Cl.Cl. The summed E-state index contributed by atoms with van der Waals surface area (Å²) >= 11 is 0. The first-order valence-corrected chi connectivity index (χ1v) is 9.11. The number of nitrogens with zero attached hydrogens (tertiary/aromatic N) is 4. The Kier molecular flexibility index (Phi) is 9.89. The number of likely N-dealkylation sites (tertiary alicyclic amines) is 1. The van der Waals surface area contributed by atoms with Crippen LogP contribution in [0.2, 0.25) is 0 Å². The largest absolute Gasteiger partial charge is 0.352 e. The van der Waals surface area contributed by atoms with Gasteiger partial charge in [-0.25, -0.2) is 4.98 Å². The number of aromatic nitrogens is 2. The zero-order chi connectivity index (χ0) is 16.9. The van der Waals surface area contributed by atoms with E-state index in [1.54, 1.807) is 0 Å². The van der Waals surface area contributed by atoms with Gasteiger partial charge in [0.1, 0.15) is 5.82 Å². The van der Waals surface area contributed by atoms with Crippen molar-refractivity contribution in [2.24, 2.45) is 7.05 Å². The molecule has 0 aromatic carbocycles. The Morgan fingerprint density at radius 3 is 2.65 bits per heavy atom. The lowest BCUT2D eigenvalue weighted by atomic mass is 10.1. The van der Waals surface area contributed by atoms with Crippen LogP contribution in [0.1, 0.15) is 31.6 Å². The van der Waals surface area contributed by atoms with E-state index in [0.29, 0.717) is 12.6 Å². The number of carbonyl (C=O) groups excluding carboxylic acids is 1. The molecule has 0 bridgehead atoms. The molecule has 7 nitrogen and oxygen atoms in total. The second kappa shape index (κ2) is 11.1. The van der Waals surface area contributed by atoms with Crippen LogP contribution in [0.3, 0.4) is 0 Å². The summed E-state index contributed by atoms with van der Waals surface area (Å²) in [6.45, 7) is 8.56. The van der Waals surface area contributed by atoms with Gasteiger partial charge in [0.15, 0.2) is 0 Å². The third kappa shape index (κ3) is 5.82. The summed E-state index contributed by atoms with van der Waals surface area (Å²) in [6, 6.07) is 0.487. The zero-order valence-corrected chi connectivity index (χ0v) is 17.3. The van der Waals surface area contributed by atoms with Crippen molar-refractivity contribution >= 4 is 30.7 Å². The molecule has 1 atom stereocenters. The number of hydrogen-bond donors (Lipinski definition) is 2. The van der Waals surface area contributed by atoms with Crippen molar-refractivity contribution in [3.8, 4) is 0 Å². The number of carbonyl (C=O) groups is 1. The van der Waals surface area contributed by atoms with E-state index in [1.165, 1.54) is 0 Å². The average molecular weight is 407 g/mol. The van der Waals surface area contributed by atoms with E-state index >= 15 is 0 Å². The normalized spacial score (nSPS) is 22.3. The van der Waals surface area contributed by atoms with Crippen LogP contribution in [0.25, 0.3) is 0 Å². The highest BCUT2D eigenvalue weighted by atomic mass is 35.5. The van der Waals surface area contributed by atoms with Gasteiger partial charge in [-0.2, -0.15) is 0 Å². The predicted molar refractivity (Wildman–Crippen MR) is 108 cm³/mol. The molecule has 2 N–H and O–H groups in total. The van der Waals surface area contributed by atoms with Gasteiger partial charge in [0.25, 0.3) is 0 Å². The maximum Gasteiger partial charge on any atom is 0.234 e. The van der Waals surface area contributed by atoms with E-state index in [0.717, 1.165) is 57.9 Å². The molecule has 2 saturated heterocycles. The van der Waals surface area contributed by atoms with Crippen molar-refractivity contribution in [2.75, 3.05) is 45.8 Å². The summed E-state index contributed by atoms with van der Waals surface area (Å²) < 4.78 is 2.04. The number of halogens is 2. The molecule has 1 aromatic rings. The summed E-state index contributed by atoms with van der Waals surface area (Å²) in [6.07, 6.45) is 5.90. The van der Waals surface area contributed by atoms with Crippen molar-refractivity contribution in [1.29, 1.82) is 0 Å². The van der Waals surface area contributed by atoms with Crippen LogP contribution in [0.4, 0.5) is 0 Å². The topological polar surface area (TPSA) is 65.4 Å². The lowest BCUT2D eigenvalue weighted by Gasteiger charge is -2.36. The van der Waals surface area contributed by atoms with Gasteiger partial charge in [-0.3, -0.25) is 9.69 Å². The molecule has 0 spiro atoms. The van der Waals surface area contributed by atoms with Crippen LogP contribution in [0, 0.1) is 0 Å². The molecule has 3 heterocycles. The minimum absolute atomic E-state index is 0. The molecule has 0 aliphatic carbocycles. The van der Waals surface area contributed by atoms with Gasteiger partial charge in [0, 0.05) is 58.2 Å². The number of piperidine rings is 1. The zero-order valence-electron chi connectivity index (χ0n) is 15.7. The van der Waals surface area contributed by atoms with Crippen LogP contribution in [-0.4, -0.2) is 77.1 Å². The van der Waals surface area contributed by atoms with Gasteiger partial charge in [-0.1, -0.05) is 6.92 Å². The van der Waals surface area contributed by atoms with E-state index in [-0.39, 0.29) is 36.8 Å². The third-order valence-electron chi connectivity index (χ3n) is 5.26. The molecule has 2 aliphatic heterocycles. The quantitative estimate of drug-likeness (QED) is 0.757. The molecule has 0 saturated carbocycles. The van der Waals surface area contributed by atoms with Crippen molar-refractivity contribution in [3.63, 3.8) is 0 Å². The Labute approximate surface area is 168 Å². The van der Waals surface area contributed by atoms with Crippen LogP contribution >= 0.6 is 24.8 Å². The molecular weight excluding hydrogens is 375 g/mol. The highest BCUT2D eigenvalue weighted by molar-refractivity contribution is 5.85. The fraction of sp³-hybridized carbons (Fsp3) is 0.765. The van der Waals surface area contributed by atoms with Gasteiger partial charge < -0.3 is 20.1 Å². The Hall–Kier alpha value is -0.860. The summed E-state index contributed by atoms with van der Waals surface area (Å²) in [4.78, 5) is 21.7. The number of aryl methyl sites for hydroxylation is 1. The first kappa shape index (κ1) is 23.2. The first-order valence-electron chi connectivity index (χ1n) is 9.11. The summed E-state index contributed by atoms with van der Waals surface area (Å²) in [7, 11) is 2.01. The van der Waals surface area contributed by atoms with Crippen molar-refractivity contribution in [3.05, 3.63) is 18.2 Å². The molecule has 2 fully saturated rings. The van der Waals surface area contributed by atoms with Gasteiger partial charge in [0.05, 0.1) is 12.6 Å². The smallest absolute Gasteiger partial charge is 0.234 e. The summed E-state index contributed by atoms with van der Waals surface area (Å²) in [5, 5.41) is 6.65. The fourth-order valence-electron chi connectivity index (χ4n) is 3.74. The molecule has 150 valence electrons. The van der Waals surface area contributed by atoms with Crippen molar-refractivity contribution in [1.82, 2.24) is 30.0 Å². The van der Waals surface area contributed by atoms with Crippen molar-refractivity contribution < 1.29 is 4.79 Å². The van der Waals surface area contributed by atoms with E-state index in [1.807, 2.05) is 24.0 Å². The molecule has 1 amide bonds. The van der Waals surface area contributed by atoms with E-state index in [4.69, 9.17) is 0 Å². The molecule has 26 heavy (non-hydrogen) atoms. The monoisotopic (exact) mass is 406 g/mol. The Morgan fingerprint density at radius 2 is 2.04 bits per heavy atom. The lowest BCUT2D eigenvalue weighted by molar-refractivity contribution is -0.124. The van der Waals surface area contributed by atoms with Gasteiger partial charge >= 0.3 is 0 Å². The minimum atomic E-state index is 0. The number of amides is 1. The highest BCUT2D eigenvalue weighted by Crippen LogP contribution is 2.20. The Balaban J connectivity index is 0.00000169. The van der Waals surface area contributed by atoms with Gasteiger partial charge in [-0.15, -0.1) is 24.8 Å². The minimum Gasteiger partial charge on any atom is -0.352 e. The molecular formula is C17H32Cl2N6O. The Morgan fingerprint density at radius 1 is 1.31 bits per heavy atom. The predicted octanol–water partition coefficient (Wildman–Crippen LogP) is 0.811. The Bertz CT molecular complexity index is 547. The first-order chi connectivity index (χ1) is 11.7. The number of imidazole rings is 1. The average Bonchev–Trinajstić information content (AvgIpc) is 3.02. The maximum atomic E-state index is 12.5. The number of hydrogen-bond acceptors (Lipinski definition) is 5. The summed E-state index contributed by atoms with van der Waals surface area (Å²) in [5.41, 5.74) is 0. The van der Waals surface area contributed by atoms with Gasteiger partial charge in [0.2, 0.25) is 5.91 Å². The second-order valence-electron chi connectivity index (χ2n) is 6.86. The molecule has 2 aliphatic rings. The molecule has 0 radical (unpaired) electrons. The molecule has 3 rings (SSSR count). The van der Waals surface area contributed by atoms with E-state index in [9.17, 15) is 4.79 Å². The molecule has 9 heteroatoms. The standard InChI is InChI=1S/C17H30N6O.2ClH/c1-3-22-8-4-14(5-9-22)20-16(24)13-23-11-6-18-12-15(23)17-19-7-10-21(17)2;;/h7,10,14-15,18H,3-6,8-9,11-13H2,1-2H3,(H,20,24);2*1H. The van der Waals surface area contributed by atoms with E-state index < -0.39 is 0 Å². The van der Waals surface area contributed by atoms with Crippen molar-refractivity contribution in [2.45, 2.75) is 31.8 Å². The number of rotatable bonds is 5. The highest BCUT2D eigenvalue weighted by Gasteiger charge is 2.29. The van der Waals surface area contributed by atoms with Gasteiger partial charge in [-0.05, 0) is 19.4 Å². The number of nitrogens with one attached hydrogen (secondary N) is 2. The maximum absolute atomic E-state index is 12.5. The van der Waals surface area contributed by atoms with Crippen LogP contribution < -0.4 is 10.6 Å². The van der Waals surface area contributed by atoms with Crippen LogP contribution in [0.5, 0.6) is 0 Å². The lowest BCUT2D eigenvalue weighted by Crippen LogP contribution is -2.52. The van der Waals surface area contributed by atoms with Crippen LogP contribution in [0.15, 0.2) is 12.4 Å². The fourth-order valence-corrected chi connectivity index (χ4v) is 3.74. The molecule has 1 unspecified atom stereocenters. The summed E-state index contributed by atoms with van der Waals surface area (Å²) in [5.74, 6) is 1.16.